The van der Waals surface area contributed by atoms with Crippen LogP contribution >= 0.6 is 0 Å². The summed E-state index contributed by atoms with van der Waals surface area (Å²) in [7, 11) is 1.75. The van der Waals surface area contributed by atoms with E-state index in [1.54, 1.807) is 7.11 Å². The number of rotatable bonds is 4. The van der Waals surface area contributed by atoms with Crippen molar-refractivity contribution in [2.45, 2.75) is 45.5 Å². The summed E-state index contributed by atoms with van der Waals surface area (Å²) in [5.74, 6) is 3.66. The molecule has 134 valence electrons. The number of aromatic nitrogens is 3. The summed E-state index contributed by atoms with van der Waals surface area (Å²) >= 11 is 0. The molecular formula is C19H26N4O2. The number of hydrogen-bond acceptors (Lipinski definition) is 5. The van der Waals surface area contributed by atoms with E-state index in [2.05, 4.69) is 44.8 Å². The minimum absolute atomic E-state index is 0.361. The van der Waals surface area contributed by atoms with Gasteiger partial charge in [-0.15, -0.1) is 10.2 Å². The Labute approximate surface area is 148 Å². The van der Waals surface area contributed by atoms with Crippen LogP contribution in [-0.4, -0.2) is 39.9 Å². The third kappa shape index (κ3) is 3.28. The summed E-state index contributed by atoms with van der Waals surface area (Å²) in [6, 6.07) is 8.75. The molecule has 2 aliphatic heterocycles. The Bertz CT molecular complexity index is 730. The molecule has 2 atom stereocenters. The van der Waals surface area contributed by atoms with Crippen LogP contribution in [0.3, 0.4) is 0 Å². The zero-order valence-corrected chi connectivity index (χ0v) is 15.0. The molecule has 0 bridgehead atoms. The van der Waals surface area contributed by atoms with E-state index in [1.165, 1.54) is 12.0 Å². The molecule has 1 aromatic carbocycles. The Morgan fingerprint density at radius 2 is 2.12 bits per heavy atom. The monoisotopic (exact) mass is 342 g/mol. The van der Waals surface area contributed by atoms with Gasteiger partial charge in [0.2, 0.25) is 0 Å². The average Bonchev–Trinajstić information content (AvgIpc) is 3.05. The Balaban J connectivity index is 1.62. The lowest BCUT2D eigenvalue weighted by molar-refractivity contribution is 0.0744. The number of ether oxygens (including phenoxy) is 2. The fourth-order valence-corrected chi connectivity index (χ4v) is 4.07. The summed E-state index contributed by atoms with van der Waals surface area (Å²) in [5.41, 5.74) is 1.28. The number of likely N-dealkylation sites (tertiary alicyclic amines) is 1. The Morgan fingerprint density at radius 1 is 1.24 bits per heavy atom. The minimum atomic E-state index is 0.361. The Hall–Kier alpha value is -1.92. The maximum absolute atomic E-state index is 5.62. The van der Waals surface area contributed by atoms with Crippen LogP contribution in [-0.2, 0) is 24.4 Å². The zero-order chi connectivity index (χ0) is 17.2. The van der Waals surface area contributed by atoms with Crippen LogP contribution in [0.25, 0.3) is 0 Å². The molecule has 6 heteroatoms. The van der Waals surface area contributed by atoms with Crippen molar-refractivity contribution in [2.75, 3.05) is 20.3 Å². The molecule has 2 aromatic rings. The fraction of sp³-hybridized carbons (Fsp3) is 0.579. The van der Waals surface area contributed by atoms with Crippen LogP contribution in [0.4, 0.5) is 0 Å². The van der Waals surface area contributed by atoms with Crippen molar-refractivity contribution in [3.05, 3.63) is 41.5 Å². The van der Waals surface area contributed by atoms with E-state index in [-0.39, 0.29) is 0 Å². The Morgan fingerprint density at radius 3 is 3.00 bits per heavy atom. The molecule has 0 unspecified atom stereocenters. The highest BCUT2D eigenvalue weighted by molar-refractivity contribution is 5.36. The largest absolute Gasteiger partial charge is 0.496 e. The molecule has 0 N–H and O–H groups in total. The maximum atomic E-state index is 5.62. The van der Waals surface area contributed by atoms with Gasteiger partial charge in [-0.25, -0.2) is 0 Å². The van der Waals surface area contributed by atoms with Gasteiger partial charge in [0, 0.05) is 24.7 Å². The van der Waals surface area contributed by atoms with Crippen LogP contribution in [0.2, 0.25) is 0 Å². The molecule has 2 aliphatic rings. The quantitative estimate of drug-likeness (QED) is 0.855. The van der Waals surface area contributed by atoms with E-state index in [1.807, 2.05) is 6.07 Å². The van der Waals surface area contributed by atoms with Gasteiger partial charge in [0.1, 0.15) is 18.2 Å². The number of hydrogen-bond donors (Lipinski definition) is 0. The molecule has 0 saturated carbocycles. The SMILES string of the molecule is COc1ccccc1[C@H]1CC[C@H](C)CN1Cc1nnc2n1CCOC2. The van der Waals surface area contributed by atoms with Crippen molar-refractivity contribution in [3.8, 4) is 5.75 Å². The number of piperidine rings is 1. The van der Waals surface area contributed by atoms with Crippen LogP contribution in [0.5, 0.6) is 5.75 Å². The number of methoxy groups -OCH3 is 1. The molecule has 0 aliphatic carbocycles. The number of fused-ring (bicyclic) bond motifs is 1. The summed E-state index contributed by atoms with van der Waals surface area (Å²) in [6.45, 7) is 6.38. The summed E-state index contributed by atoms with van der Waals surface area (Å²) < 4.78 is 13.3. The van der Waals surface area contributed by atoms with Gasteiger partial charge in [0.15, 0.2) is 5.82 Å². The molecule has 0 amide bonds. The van der Waals surface area contributed by atoms with E-state index < -0.39 is 0 Å². The first-order chi connectivity index (χ1) is 12.3. The molecule has 1 saturated heterocycles. The lowest BCUT2D eigenvalue weighted by atomic mass is 9.89. The third-order valence-electron chi connectivity index (χ3n) is 5.36. The lowest BCUT2D eigenvalue weighted by Crippen LogP contribution is -2.38. The van der Waals surface area contributed by atoms with E-state index in [9.17, 15) is 0 Å². The minimum Gasteiger partial charge on any atom is -0.496 e. The van der Waals surface area contributed by atoms with Crippen LogP contribution in [0.1, 0.15) is 43.0 Å². The predicted molar refractivity (Wildman–Crippen MR) is 94.2 cm³/mol. The van der Waals surface area contributed by atoms with E-state index in [0.717, 1.165) is 50.1 Å². The molecule has 1 aromatic heterocycles. The number of para-hydroxylation sites is 1. The first-order valence-electron chi connectivity index (χ1n) is 9.12. The molecule has 4 rings (SSSR count). The van der Waals surface area contributed by atoms with Crippen LogP contribution in [0, 0.1) is 5.92 Å². The molecule has 1 fully saturated rings. The second-order valence-corrected chi connectivity index (χ2v) is 7.11. The molecule has 25 heavy (non-hydrogen) atoms. The van der Waals surface area contributed by atoms with Crippen molar-refractivity contribution < 1.29 is 9.47 Å². The summed E-state index contributed by atoms with van der Waals surface area (Å²) in [5, 5.41) is 8.76. The van der Waals surface area contributed by atoms with E-state index >= 15 is 0 Å². The molecule has 3 heterocycles. The van der Waals surface area contributed by atoms with Crippen molar-refractivity contribution in [3.63, 3.8) is 0 Å². The van der Waals surface area contributed by atoms with Gasteiger partial charge in [-0.3, -0.25) is 4.90 Å². The topological polar surface area (TPSA) is 52.4 Å². The Kier molecular flexibility index (Phi) is 4.72. The van der Waals surface area contributed by atoms with Crippen LogP contribution in [0.15, 0.2) is 24.3 Å². The highest BCUT2D eigenvalue weighted by atomic mass is 16.5. The van der Waals surface area contributed by atoms with Gasteiger partial charge in [0.05, 0.1) is 20.3 Å². The number of benzene rings is 1. The summed E-state index contributed by atoms with van der Waals surface area (Å²) in [4.78, 5) is 2.54. The molecule has 0 spiro atoms. The molecule has 6 nitrogen and oxygen atoms in total. The summed E-state index contributed by atoms with van der Waals surface area (Å²) in [6.07, 6.45) is 2.39. The van der Waals surface area contributed by atoms with Gasteiger partial charge >= 0.3 is 0 Å². The van der Waals surface area contributed by atoms with E-state index in [0.29, 0.717) is 18.6 Å². The van der Waals surface area contributed by atoms with E-state index in [4.69, 9.17) is 9.47 Å². The van der Waals surface area contributed by atoms with Gasteiger partial charge in [0.25, 0.3) is 0 Å². The highest BCUT2D eigenvalue weighted by Crippen LogP contribution is 2.38. The number of nitrogens with zero attached hydrogens (tertiary/aromatic N) is 4. The standard InChI is InChI=1S/C19H26N4O2/c1-14-7-8-16(15-5-3-4-6-17(15)24-2)22(11-14)12-18-20-21-19-13-25-10-9-23(18)19/h3-6,14,16H,7-13H2,1-2H3/t14-,16+/m0/s1. The van der Waals surface area contributed by atoms with Crippen molar-refractivity contribution in [1.29, 1.82) is 0 Å². The average molecular weight is 342 g/mol. The van der Waals surface area contributed by atoms with Gasteiger partial charge < -0.3 is 14.0 Å². The van der Waals surface area contributed by atoms with Gasteiger partial charge in [-0.05, 0) is 24.8 Å². The normalized spacial score (nSPS) is 24.1. The fourth-order valence-electron chi connectivity index (χ4n) is 4.07. The maximum Gasteiger partial charge on any atom is 0.159 e. The smallest absolute Gasteiger partial charge is 0.159 e. The zero-order valence-electron chi connectivity index (χ0n) is 15.0. The van der Waals surface area contributed by atoms with Gasteiger partial charge in [-0.2, -0.15) is 0 Å². The first-order valence-corrected chi connectivity index (χ1v) is 9.12. The highest BCUT2D eigenvalue weighted by Gasteiger charge is 2.31. The molecular weight excluding hydrogens is 316 g/mol. The third-order valence-corrected chi connectivity index (χ3v) is 5.36. The van der Waals surface area contributed by atoms with Crippen molar-refractivity contribution in [2.24, 2.45) is 5.92 Å². The van der Waals surface area contributed by atoms with Crippen LogP contribution < -0.4 is 4.74 Å². The lowest BCUT2D eigenvalue weighted by Gasteiger charge is -2.39. The first kappa shape index (κ1) is 16.5. The second-order valence-electron chi connectivity index (χ2n) is 7.11. The van der Waals surface area contributed by atoms with Crippen molar-refractivity contribution in [1.82, 2.24) is 19.7 Å². The predicted octanol–water partition coefficient (Wildman–Crippen LogP) is 2.79. The van der Waals surface area contributed by atoms with Gasteiger partial charge in [-0.1, -0.05) is 25.1 Å². The van der Waals surface area contributed by atoms with Crippen molar-refractivity contribution >= 4 is 0 Å². The molecule has 0 radical (unpaired) electrons. The second kappa shape index (κ2) is 7.14.